The van der Waals surface area contributed by atoms with Crippen molar-refractivity contribution in [1.29, 1.82) is 0 Å². The summed E-state index contributed by atoms with van der Waals surface area (Å²) in [7, 11) is 0. The molecule has 4 heterocycles. The van der Waals surface area contributed by atoms with Gasteiger partial charge in [0.15, 0.2) is 11.8 Å². The number of piperidine rings is 1. The fraction of sp³-hybridized carbons (Fsp3) is 0.682. The van der Waals surface area contributed by atoms with Crippen LogP contribution in [0.2, 0.25) is 0 Å². The van der Waals surface area contributed by atoms with Crippen LogP contribution in [0.3, 0.4) is 0 Å². The molecule has 1 aromatic rings. The van der Waals surface area contributed by atoms with Crippen LogP contribution in [0.4, 0.5) is 0 Å². The summed E-state index contributed by atoms with van der Waals surface area (Å²) in [5.74, 6) is 0.0859. The van der Waals surface area contributed by atoms with Gasteiger partial charge in [0.2, 0.25) is 11.7 Å². The van der Waals surface area contributed by atoms with E-state index in [1.165, 1.54) is 0 Å². The molecule has 1 spiro atoms. The maximum Gasteiger partial charge on any atom is 0.242 e. The first-order chi connectivity index (χ1) is 13.4. The van der Waals surface area contributed by atoms with E-state index in [2.05, 4.69) is 24.5 Å². The van der Waals surface area contributed by atoms with E-state index < -0.39 is 17.6 Å². The van der Waals surface area contributed by atoms with Gasteiger partial charge in [0.05, 0.1) is 0 Å². The van der Waals surface area contributed by atoms with Crippen LogP contribution in [0.25, 0.3) is 0 Å². The van der Waals surface area contributed by atoms with E-state index in [1.54, 1.807) is 5.01 Å². The second-order valence-electron chi connectivity index (χ2n) is 9.25. The number of ether oxygens (including phenoxy) is 1. The van der Waals surface area contributed by atoms with Gasteiger partial charge in [-0.3, -0.25) is 4.79 Å². The van der Waals surface area contributed by atoms with Crippen LogP contribution >= 0.6 is 0 Å². The molecule has 28 heavy (non-hydrogen) atoms. The highest BCUT2D eigenvalue weighted by Crippen LogP contribution is 2.60. The van der Waals surface area contributed by atoms with E-state index >= 15 is 0 Å². The summed E-state index contributed by atoms with van der Waals surface area (Å²) in [6.45, 7) is 6.83. The smallest absolute Gasteiger partial charge is 0.242 e. The molecule has 0 radical (unpaired) electrons. The number of hydrogen-bond acceptors (Lipinski definition) is 5. The molecule has 6 rings (SSSR count). The van der Waals surface area contributed by atoms with E-state index in [-0.39, 0.29) is 17.7 Å². The van der Waals surface area contributed by atoms with Gasteiger partial charge in [-0.1, -0.05) is 44.2 Å². The lowest BCUT2D eigenvalue weighted by atomic mass is 9.57. The molecule has 2 bridgehead atoms. The first kappa shape index (κ1) is 18.6. The van der Waals surface area contributed by atoms with E-state index in [1.807, 2.05) is 32.0 Å². The molecule has 7 atom stereocenters. The zero-order valence-corrected chi connectivity index (χ0v) is 16.9. The monoisotopic (exact) mass is 386 g/mol. The Bertz CT molecular complexity index is 758. The maximum absolute atomic E-state index is 13.4. The number of carbonyl (C=O) groups excluding carboxylic acids is 1. The summed E-state index contributed by atoms with van der Waals surface area (Å²) in [5, 5.41) is 1.71. The van der Waals surface area contributed by atoms with Crippen molar-refractivity contribution in [1.82, 2.24) is 10.4 Å². The van der Waals surface area contributed by atoms with Gasteiger partial charge < -0.3 is 4.74 Å². The normalized spacial score (nSPS) is 44.9. The quantitative estimate of drug-likeness (QED) is 0.807. The van der Waals surface area contributed by atoms with Gasteiger partial charge in [0, 0.05) is 24.8 Å². The standard InChI is InChI=1S/C22H30N2O4/c1-14-9-10-18-15(2)19(25)24(23-13-16-7-5-4-6-8-16)20-22(18)17(14)11-12-21(3,26-20)27-28-22/h4-8,14-15,17-18,20,23H,9-13H2,1-3H3/t14-,15-,17+,18+,20-,21?,22-/m1/s1. The third-order valence-corrected chi connectivity index (χ3v) is 7.56. The fourth-order valence-electron chi connectivity index (χ4n) is 5.99. The highest BCUT2D eigenvalue weighted by molar-refractivity contribution is 5.80. The molecule has 1 aliphatic carbocycles. The lowest BCUT2D eigenvalue weighted by Gasteiger charge is -2.61. The summed E-state index contributed by atoms with van der Waals surface area (Å²) >= 11 is 0. The molecule has 1 aromatic carbocycles. The molecule has 5 aliphatic rings. The van der Waals surface area contributed by atoms with Crippen molar-refractivity contribution in [2.24, 2.45) is 23.7 Å². The molecule has 4 aliphatic heterocycles. The zero-order valence-electron chi connectivity index (χ0n) is 16.9. The molecule has 6 heteroatoms. The van der Waals surface area contributed by atoms with Gasteiger partial charge in [-0.25, -0.2) is 20.2 Å². The molecule has 1 saturated carbocycles. The van der Waals surface area contributed by atoms with Crippen molar-refractivity contribution in [3.8, 4) is 0 Å². The predicted octanol–water partition coefficient (Wildman–Crippen LogP) is 3.39. The summed E-state index contributed by atoms with van der Waals surface area (Å²) in [6.07, 6.45) is 3.40. The highest BCUT2D eigenvalue weighted by atomic mass is 17.3. The summed E-state index contributed by atoms with van der Waals surface area (Å²) < 4.78 is 6.49. The Hall–Kier alpha value is -1.47. The van der Waals surface area contributed by atoms with E-state index in [4.69, 9.17) is 14.5 Å². The highest BCUT2D eigenvalue weighted by Gasteiger charge is 2.70. The van der Waals surface area contributed by atoms with Gasteiger partial charge >= 0.3 is 0 Å². The lowest BCUT2D eigenvalue weighted by Crippen LogP contribution is -2.76. The second kappa shape index (κ2) is 6.52. The minimum absolute atomic E-state index is 0.0876. The number of nitrogens with one attached hydrogen (secondary N) is 1. The summed E-state index contributed by atoms with van der Waals surface area (Å²) in [5.41, 5.74) is 3.89. The Kier molecular flexibility index (Phi) is 4.32. The number of benzene rings is 1. The Balaban J connectivity index is 1.53. The molecule has 1 N–H and O–H groups in total. The maximum atomic E-state index is 13.4. The molecule has 4 saturated heterocycles. The lowest BCUT2D eigenvalue weighted by molar-refractivity contribution is -0.549. The third-order valence-electron chi connectivity index (χ3n) is 7.56. The molecule has 1 amide bonds. The average Bonchev–Trinajstić information content (AvgIpc) is 2.93. The number of amides is 1. The minimum Gasteiger partial charge on any atom is -0.319 e. The first-order valence-electron chi connectivity index (χ1n) is 10.6. The SMILES string of the molecule is C[C@@H]1CC[C@H]2[C@@H](C)C(=O)N(NCc3ccccc3)[C@@H]3OC4(C)CC[C@@H]1[C@@]23OO4. The van der Waals surface area contributed by atoms with Crippen LogP contribution in [-0.2, 0) is 25.9 Å². The van der Waals surface area contributed by atoms with E-state index in [0.717, 1.165) is 31.2 Å². The number of fused-ring (bicyclic) bond motifs is 2. The van der Waals surface area contributed by atoms with Crippen LogP contribution in [0.5, 0.6) is 0 Å². The predicted molar refractivity (Wildman–Crippen MR) is 102 cm³/mol. The molecule has 6 nitrogen and oxygen atoms in total. The Morgan fingerprint density at radius 1 is 1.11 bits per heavy atom. The second-order valence-corrected chi connectivity index (χ2v) is 9.25. The van der Waals surface area contributed by atoms with Crippen molar-refractivity contribution in [3.05, 3.63) is 35.9 Å². The third kappa shape index (κ3) is 2.58. The van der Waals surface area contributed by atoms with Crippen molar-refractivity contribution < 1.29 is 19.3 Å². The number of hydrogen-bond donors (Lipinski definition) is 1. The van der Waals surface area contributed by atoms with Gasteiger partial charge in [-0.15, -0.1) is 0 Å². The van der Waals surface area contributed by atoms with E-state index in [9.17, 15) is 4.79 Å². The van der Waals surface area contributed by atoms with Gasteiger partial charge in [0.1, 0.15) is 0 Å². The van der Waals surface area contributed by atoms with Crippen molar-refractivity contribution in [3.63, 3.8) is 0 Å². The number of rotatable bonds is 3. The Labute approximate surface area is 166 Å². The molecule has 1 unspecified atom stereocenters. The van der Waals surface area contributed by atoms with E-state index in [0.29, 0.717) is 18.4 Å². The average molecular weight is 386 g/mol. The molecular weight excluding hydrogens is 356 g/mol. The fourth-order valence-corrected chi connectivity index (χ4v) is 5.99. The zero-order chi connectivity index (χ0) is 19.5. The number of nitrogens with zero attached hydrogens (tertiary/aromatic N) is 1. The van der Waals surface area contributed by atoms with Crippen LogP contribution in [0, 0.1) is 23.7 Å². The molecule has 152 valence electrons. The summed E-state index contributed by atoms with van der Waals surface area (Å²) in [6, 6.07) is 10.1. The largest absolute Gasteiger partial charge is 0.319 e. The topological polar surface area (TPSA) is 60.0 Å². The number of carbonyl (C=O) groups is 1. The van der Waals surface area contributed by atoms with Crippen LogP contribution in [0.1, 0.15) is 52.0 Å². The Morgan fingerprint density at radius 2 is 1.89 bits per heavy atom. The number of hydrazine groups is 1. The first-order valence-corrected chi connectivity index (χ1v) is 10.6. The van der Waals surface area contributed by atoms with Crippen LogP contribution in [-0.4, -0.2) is 28.5 Å². The van der Waals surface area contributed by atoms with Crippen LogP contribution in [0.15, 0.2) is 30.3 Å². The van der Waals surface area contributed by atoms with Crippen molar-refractivity contribution in [2.45, 2.75) is 70.6 Å². The Morgan fingerprint density at radius 3 is 2.68 bits per heavy atom. The molecule has 5 fully saturated rings. The van der Waals surface area contributed by atoms with Crippen molar-refractivity contribution in [2.75, 3.05) is 0 Å². The van der Waals surface area contributed by atoms with Crippen molar-refractivity contribution >= 4 is 5.91 Å². The molecule has 0 aromatic heterocycles. The van der Waals surface area contributed by atoms with Gasteiger partial charge in [0.25, 0.3) is 0 Å². The minimum atomic E-state index is -0.814. The van der Waals surface area contributed by atoms with Gasteiger partial charge in [-0.2, -0.15) is 0 Å². The summed E-state index contributed by atoms with van der Waals surface area (Å²) in [4.78, 5) is 25.5. The van der Waals surface area contributed by atoms with Gasteiger partial charge in [-0.05, 0) is 43.6 Å². The van der Waals surface area contributed by atoms with Crippen LogP contribution < -0.4 is 5.43 Å². The molecular formula is C22H30N2O4.